The van der Waals surface area contributed by atoms with Crippen molar-refractivity contribution < 1.29 is 13.2 Å². The molecule has 1 atom stereocenters. The fourth-order valence-corrected chi connectivity index (χ4v) is 5.83. The number of rotatable bonds is 8. The van der Waals surface area contributed by atoms with E-state index in [2.05, 4.69) is 20.2 Å². The lowest BCUT2D eigenvalue weighted by Gasteiger charge is -2.25. The van der Waals surface area contributed by atoms with Gasteiger partial charge in [0.05, 0.1) is 10.1 Å². The normalized spacial score (nSPS) is 16.1. The van der Waals surface area contributed by atoms with Crippen LogP contribution in [0, 0.1) is 0 Å². The Morgan fingerprint density at radius 3 is 2.43 bits per heavy atom. The molecule has 0 aliphatic heterocycles. The number of carbonyl (C=O) groups is 1. The maximum absolute atomic E-state index is 12.7. The van der Waals surface area contributed by atoms with E-state index in [-0.39, 0.29) is 27.0 Å². The van der Waals surface area contributed by atoms with Gasteiger partial charge in [-0.25, -0.2) is 8.42 Å². The topological polar surface area (TPSA) is 101 Å². The largest absolute Gasteiger partial charge is 0.325 e. The minimum absolute atomic E-state index is 0.0433. The van der Waals surface area contributed by atoms with Crippen molar-refractivity contribution in [2.45, 2.75) is 60.8 Å². The van der Waals surface area contributed by atoms with Gasteiger partial charge in [0.15, 0.2) is 11.0 Å². The number of anilines is 2. The summed E-state index contributed by atoms with van der Waals surface area (Å²) in [6.07, 6.45) is 6.86. The van der Waals surface area contributed by atoms with Gasteiger partial charge in [-0.05, 0) is 55.7 Å². The number of amides is 1. The van der Waals surface area contributed by atoms with Crippen LogP contribution in [0.15, 0.2) is 41.3 Å². The van der Waals surface area contributed by atoms with Crippen LogP contribution in [0.5, 0.6) is 0 Å². The number of hydrogen-bond acceptors (Lipinski definition) is 6. The second kappa shape index (κ2) is 10.5. The molecule has 0 saturated heterocycles. The highest BCUT2D eigenvalue weighted by atomic mass is 35.5. The van der Waals surface area contributed by atoms with Crippen LogP contribution >= 0.6 is 23.4 Å². The highest BCUT2D eigenvalue weighted by molar-refractivity contribution is 8.01. The standard InChI is InChI=1S/C20H25ClN4O3S2/c1-2-17(29-15-6-4-3-5-7-15)20(26)22-14-8-10-16(11-9-14)30(27,28)25-19-13-12-18(21)23-24-19/h8-13,15,17H,2-7H2,1H3,(H,22,26)(H,24,25). The average molecular weight is 469 g/mol. The van der Waals surface area contributed by atoms with Crippen LogP contribution in [0.3, 0.4) is 0 Å². The quantitative estimate of drug-likeness (QED) is 0.581. The highest BCUT2D eigenvalue weighted by Crippen LogP contribution is 2.32. The molecule has 1 saturated carbocycles. The Bertz CT molecular complexity index is 947. The lowest BCUT2D eigenvalue weighted by molar-refractivity contribution is -0.115. The molecule has 0 spiro atoms. The van der Waals surface area contributed by atoms with E-state index in [1.165, 1.54) is 56.4 Å². The number of aromatic nitrogens is 2. The Morgan fingerprint density at radius 1 is 1.13 bits per heavy atom. The third-order valence-electron chi connectivity index (χ3n) is 4.88. The van der Waals surface area contributed by atoms with Crippen LogP contribution in [0.1, 0.15) is 45.4 Å². The maximum atomic E-state index is 12.7. The molecule has 2 aromatic rings. The smallest absolute Gasteiger partial charge is 0.263 e. The molecular weight excluding hydrogens is 444 g/mol. The van der Waals surface area contributed by atoms with Crippen molar-refractivity contribution in [3.8, 4) is 0 Å². The lowest BCUT2D eigenvalue weighted by Crippen LogP contribution is -2.27. The molecule has 0 bridgehead atoms. The van der Waals surface area contributed by atoms with E-state index in [0.717, 1.165) is 6.42 Å². The molecule has 0 radical (unpaired) electrons. The van der Waals surface area contributed by atoms with Crippen LogP contribution in [0.25, 0.3) is 0 Å². The Hall–Kier alpha value is -1.84. The van der Waals surface area contributed by atoms with Crippen LogP contribution in [0.4, 0.5) is 11.5 Å². The number of nitrogens with one attached hydrogen (secondary N) is 2. The molecule has 1 amide bonds. The van der Waals surface area contributed by atoms with Gasteiger partial charge in [0.1, 0.15) is 0 Å². The number of carbonyl (C=O) groups excluding carboxylic acids is 1. The fourth-order valence-electron chi connectivity index (χ4n) is 3.28. The molecule has 1 aromatic carbocycles. The molecule has 2 N–H and O–H groups in total. The Balaban J connectivity index is 1.61. The summed E-state index contributed by atoms with van der Waals surface area (Å²) < 4.78 is 27.3. The monoisotopic (exact) mass is 468 g/mol. The first-order chi connectivity index (χ1) is 14.4. The summed E-state index contributed by atoms with van der Waals surface area (Å²) in [5.41, 5.74) is 0.563. The second-order valence-corrected chi connectivity index (χ2v) is 10.7. The number of nitrogens with zero attached hydrogens (tertiary/aromatic N) is 2. The van der Waals surface area contributed by atoms with E-state index in [1.54, 1.807) is 23.9 Å². The molecule has 1 unspecified atom stereocenters. The van der Waals surface area contributed by atoms with E-state index in [1.807, 2.05) is 6.92 Å². The lowest BCUT2D eigenvalue weighted by atomic mass is 10.0. The molecule has 1 heterocycles. The molecular formula is C20H25ClN4O3S2. The minimum Gasteiger partial charge on any atom is -0.325 e. The van der Waals surface area contributed by atoms with Gasteiger partial charge < -0.3 is 5.32 Å². The van der Waals surface area contributed by atoms with Gasteiger partial charge in [-0.15, -0.1) is 22.0 Å². The molecule has 7 nitrogen and oxygen atoms in total. The number of halogens is 1. The number of thioether (sulfide) groups is 1. The van der Waals surface area contributed by atoms with Crippen LogP contribution < -0.4 is 10.0 Å². The fraction of sp³-hybridized carbons (Fsp3) is 0.450. The number of hydrogen-bond donors (Lipinski definition) is 2. The summed E-state index contributed by atoms with van der Waals surface area (Å²) in [7, 11) is -3.82. The van der Waals surface area contributed by atoms with Crippen molar-refractivity contribution in [2.75, 3.05) is 10.0 Å². The van der Waals surface area contributed by atoms with Crippen molar-refractivity contribution >= 4 is 50.8 Å². The van der Waals surface area contributed by atoms with Gasteiger partial charge in [0.2, 0.25) is 5.91 Å². The summed E-state index contributed by atoms with van der Waals surface area (Å²) >= 11 is 7.42. The average Bonchev–Trinajstić information content (AvgIpc) is 2.74. The zero-order chi connectivity index (χ0) is 21.6. The summed E-state index contributed by atoms with van der Waals surface area (Å²) in [5.74, 6) is 0.0283. The van der Waals surface area contributed by atoms with Crippen molar-refractivity contribution in [1.82, 2.24) is 10.2 Å². The van der Waals surface area contributed by atoms with Crippen LogP contribution in [-0.2, 0) is 14.8 Å². The predicted octanol–water partition coefficient (Wildman–Crippen LogP) is 4.71. The molecule has 3 rings (SSSR count). The summed E-state index contributed by atoms with van der Waals surface area (Å²) in [6, 6.07) is 8.92. The molecule has 1 aliphatic carbocycles. The molecule has 162 valence electrons. The second-order valence-electron chi connectivity index (χ2n) is 7.15. The van der Waals surface area contributed by atoms with Crippen molar-refractivity contribution in [3.05, 3.63) is 41.6 Å². The van der Waals surface area contributed by atoms with Gasteiger partial charge >= 0.3 is 0 Å². The highest BCUT2D eigenvalue weighted by Gasteiger charge is 2.24. The first-order valence-corrected chi connectivity index (χ1v) is 12.8. The Labute approximate surface area is 186 Å². The van der Waals surface area contributed by atoms with E-state index in [4.69, 9.17) is 11.6 Å². The van der Waals surface area contributed by atoms with Crippen LogP contribution in [0.2, 0.25) is 5.15 Å². The zero-order valence-electron chi connectivity index (χ0n) is 16.7. The predicted molar refractivity (Wildman–Crippen MR) is 121 cm³/mol. The van der Waals surface area contributed by atoms with E-state index in [9.17, 15) is 13.2 Å². The van der Waals surface area contributed by atoms with Gasteiger partial charge in [0, 0.05) is 10.9 Å². The number of benzene rings is 1. The van der Waals surface area contributed by atoms with Gasteiger partial charge in [-0.1, -0.05) is 37.8 Å². The Morgan fingerprint density at radius 2 is 1.83 bits per heavy atom. The third-order valence-corrected chi connectivity index (χ3v) is 8.18. The van der Waals surface area contributed by atoms with E-state index in [0.29, 0.717) is 10.9 Å². The maximum Gasteiger partial charge on any atom is 0.263 e. The van der Waals surface area contributed by atoms with Gasteiger partial charge in [0.25, 0.3) is 10.0 Å². The summed E-state index contributed by atoms with van der Waals surface area (Å²) in [5, 5.41) is 10.8. The molecule has 1 aromatic heterocycles. The molecule has 30 heavy (non-hydrogen) atoms. The first kappa shape index (κ1) is 22.8. The summed E-state index contributed by atoms with van der Waals surface area (Å²) in [6.45, 7) is 2.01. The van der Waals surface area contributed by atoms with Crippen molar-refractivity contribution in [2.24, 2.45) is 0 Å². The molecule has 1 aliphatic rings. The molecule has 1 fully saturated rings. The SMILES string of the molecule is CCC(SC1CCCCC1)C(=O)Nc1ccc(S(=O)(=O)Nc2ccc(Cl)nn2)cc1. The first-order valence-electron chi connectivity index (χ1n) is 9.96. The van der Waals surface area contributed by atoms with Gasteiger partial charge in [-0.3, -0.25) is 9.52 Å². The zero-order valence-corrected chi connectivity index (χ0v) is 19.1. The molecule has 10 heteroatoms. The Kier molecular flexibility index (Phi) is 7.96. The van der Waals surface area contributed by atoms with E-state index < -0.39 is 10.0 Å². The minimum atomic E-state index is -3.82. The van der Waals surface area contributed by atoms with Gasteiger partial charge in [-0.2, -0.15) is 0 Å². The van der Waals surface area contributed by atoms with Crippen molar-refractivity contribution in [1.29, 1.82) is 0 Å². The summed E-state index contributed by atoms with van der Waals surface area (Å²) in [4.78, 5) is 12.7. The number of sulfonamides is 1. The third kappa shape index (κ3) is 6.33. The van der Waals surface area contributed by atoms with Crippen LogP contribution in [-0.4, -0.2) is 35.0 Å². The van der Waals surface area contributed by atoms with E-state index >= 15 is 0 Å². The van der Waals surface area contributed by atoms with Crippen molar-refractivity contribution in [3.63, 3.8) is 0 Å².